The van der Waals surface area contributed by atoms with Crippen molar-refractivity contribution in [2.45, 2.75) is 51.7 Å². The molecule has 0 aromatic carbocycles. The Hall–Kier alpha value is -1.14. The van der Waals surface area contributed by atoms with Crippen LogP contribution in [0.2, 0.25) is 0 Å². The summed E-state index contributed by atoms with van der Waals surface area (Å²) in [5, 5.41) is 4.59. The summed E-state index contributed by atoms with van der Waals surface area (Å²) in [5.74, 6) is 0. The molecule has 0 bridgehead atoms. The molecule has 0 aliphatic carbocycles. The number of aryl methyl sites for hydroxylation is 2. The molecule has 0 amide bonds. The molecule has 1 aliphatic rings. The van der Waals surface area contributed by atoms with Gasteiger partial charge in [0.05, 0.1) is 11.3 Å². The molecular weight excluding hydrogens is 272 g/mol. The topological polar surface area (TPSA) is 47.8 Å². The molecule has 1 fully saturated rings. The van der Waals surface area contributed by atoms with Gasteiger partial charge < -0.3 is 9.72 Å². The summed E-state index contributed by atoms with van der Waals surface area (Å²) in [5.41, 5.74) is 3.19. The Morgan fingerprint density at radius 3 is 2.90 bits per heavy atom. The molecule has 2 aromatic heterocycles. The Bertz CT molecular complexity index is 694. The van der Waals surface area contributed by atoms with E-state index in [0.29, 0.717) is 6.04 Å². The molecule has 1 atom stereocenters. The van der Waals surface area contributed by atoms with Crippen molar-refractivity contribution in [2.24, 2.45) is 7.05 Å². The van der Waals surface area contributed by atoms with E-state index in [2.05, 4.69) is 35.4 Å². The highest BCUT2D eigenvalue weighted by Crippen LogP contribution is 2.34. The molecule has 5 nitrogen and oxygen atoms in total. The van der Waals surface area contributed by atoms with Crippen LogP contribution in [0, 0.1) is 4.77 Å². The van der Waals surface area contributed by atoms with Crippen molar-refractivity contribution in [3.63, 3.8) is 0 Å². The monoisotopic (exact) mass is 294 g/mol. The van der Waals surface area contributed by atoms with E-state index in [1.807, 2.05) is 11.7 Å². The van der Waals surface area contributed by atoms with Crippen LogP contribution in [0.4, 0.5) is 0 Å². The Kier molecular flexibility index (Phi) is 3.25. The lowest BCUT2D eigenvalue weighted by atomic mass is 9.94. The third-order valence-corrected chi connectivity index (χ3v) is 4.44. The number of fused-ring (bicyclic) bond motifs is 1. The van der Waals surface area contributed by atoms with Gasteiger partial charge in [-0.2, -0.15) is 5.10 Å². The quantitative estimate of drug-likeness (QED) is 0.866. The number of hydrogen-bond donors (Lipinski definition) is 1. The zero-order chi connectivity index (χ0) is 14.5. The average Bonchev–Trinajstić information content (AvgIpc) is 2.85. The molecule has 20 heavy (non-hydrogen) atoms. The number of aromatic nitrogens is 4. The van der Waals surface area contributed by atoms with E-state index in [1.54, 1.807) is 0 Å². The molecule has 110 valence electrons. The maximum absolute atomic E-state index is 5.82. The average molecular weight is 294 g/mol. The number of hydrogen-bond acceptors (Lipinski definition) is 3. The molecule has 0 saturated carbocycles. The molecule has 1 N–H and O–H groups in total. The summed E-state index contributed by atoms with van der Waals surface area (Å²) in [6.45, 7) is 7.19. The van der Waals surface area contributed by atoms with Crippen LogP contribution >= 0.6 is 12.2 Å². The predicted octanol–water partition coefficient (Wildman–Crippen LogP) is 3.12. The van der Waals surface area contributed by atoms with Crippen LogP contribution in [0.3, 0.4) is 0 Å². The van der Waals surface area contributed by atoms with Crippen LogP contribution in [-0.4, -0.2) is 31.5 Å². The molecule has 2 aromatic rings. The fourth-order valence-electron chi connectivity index (χ4n) is 3.24. The standard InChI is InChI=1S/C14H22N4OS/c1-5-10-11-12(17(4)16-10)18(13(20)15-11)9-6-7-19-14(2,3)8-9/h9H,5-8H2,1-4H3,(H,15,20). The minimum Gasteiger partial charge on any atom is -0.375 e. The summed E-state index contributed by atoms with van der Waals surface area (Å²) >= 11 is 5.56. The summed E-state index contributed by atoms with van der Waals surface area (Å²) in [6.07, 6.45) is 2.88. The van der Waals surface area contributed by atoms with Gasteiger partial charge in [-0.1, -0.05) is 6.92 Å². The second-order valence-electron chi connectivity index (χ2n) is 6.18. The molecule has 1 aliphatic heterocycles. The maximum atomic E-state index is 5.82. The number of ether oxygens (including phenoxy) is 1. The fraction of sp³-hybridized carbons (Fsp3) is 0.714. The normalized spacial score (nSPS) is 22.5. The molecule has 6 heteroatoms. The van der Waals surface area contributed by atoms with Gasteiger partial charge in [0, 0.05) is 19.7 Å². The first kappa shape index (κ1) is 13.8. The summed E-state index contributed by atoms with van der Waals surface area (Å²) in [6, 6.07) is 0.375. The second-order valence-corrected chi connectivity index (χ2v) is 6.56. The SMILES string of the molecule is CCc1nn(C)c2c1[nH]c(=S)n2C1CCOC(C)(C)C1. The Morgan fingerprint density at radius 1 is 1.50 bits per heavy atom. The molecule has 3 rings (SSSR count). The van der Waals surface area contributed by atoms with Crippen molar-refractivity contribution in [1.82, 2.24) is 19.3 Å². The highest BCUT2D eigenvalue weighted by molar-refractivity contribution is 7.71. The van der Waals surface area contributed by atoms with E-state index in [9.17, 15) is 0 Å². The Morgan fingerprint density at radius 2 is 2.25 bits per heavy atom. The first-order valence-electron chi connectivity index (χ1n) is 7.23. The van der Waals surface area contributed by atoms with Crippen LogP contribution < -0.4 is 0 Å². The van der Waals surface area contributed by atoms with Crippen LogP contribution in [-0.2, 0) is 18.2 Å². The van der Waals surface area contributed by atoms with Gasteiger partial charge in [0.15, 0.2) is 10.4 Å². The lowest BCUT2D eigenvalue weighted by molar-refractivity contribution is -0.0688. The number of imidazole rings is 1. The zero-order valence-electron chi connectivity index (χ0n) is 12.6. The van der Waals surface area contributed by atoms with Gasteiger partial charge in [-0.05, 0) is 45.3 Å². The van der Waals surface area contributed by atoms with Crippen LogP contribution in [0.5, 0.6) is 0 Å². The van der Waals surface area contributed by atoms with Crippen LogP contribution in [0.1, 0.15) is 45.3 Å². The van der Waals surface area contributed by atoms with Crippen molar-refractivity contribution in [3.8, 4) is 0 Å². The van der Waals surface area contributed by atoms with Crippen molar-refractivity contribution in [3.05, 3.63) is 10.5 Å². The molecule has 3 heterocycles. The fourth-order valence-corrected chi connectivity index (χ4v) is 3.58. The van der Waals surface area contributed by atoms with Crippen LogP contribution in [0.15, 0.2) is 0 Å². The summed E-state index contributed by atoms with van der Waals surface area (Å²) in [4.78, 5) is 3.35. The van der Waals surface area contributed by atoms with E-state index in [0.717, 1.165) is 47.5 Å². The van der Waals surface area contributed by atoms with Gasteiger partial charge in [0.2, 0.25) is 0 Å². The van der Waals surface area contributed by atoms with E-state index in [4.69, 9.17) is 17.0 Å². The smallest absolute Gasteiger partial charge is 0.179 e. The first-order chi connectivity index (χ1) is 9.43. The van der Waals surface area contributed by atoms with Gasteiger partial charge in [-0.25, -0.2) is 0 Å². The predicted molar refractivity (Wildman–Crippen MR) is 81.6 cm³/mol. The van der Waals surface area contributed by atoms with E-state index in [1.165, 1.54) is 0 Å². The third kappa shape index (κ3) is 2.11. The number of nitrogens with zero attached hydrogens (tertiary/aromatic N) is 3. The Balaban J connectivity index is 2.14. The van der Waals surface area contributed by atoms with Gasteiger partial charge >= 0.3 is 0 Å². The van der Waals surface area contributed by atoms with Gasteiger partial charge in [-0.15, -0.1) is 0 Å². The summed E-state index contributed by atoms with van der Waals surface area (Å²) < 4.78 is 10.8. The van der Waals surface area contributed by atoms with Crippen LogP contribution in [0.25, 0.3) is 11.2 Å². The second kappa shape index (κ2) is 4.70. The van der Waals surface area contributed by atoms with Gasteiger partial charge in [0.25, 0.3) is 0 Å². The van der Waals surface area contributed by atoms with Crippen molar-refractivity contribution < 1.29 is 4.74 Å². The third-order valence-electron chi connectivity index (χ3n) is 4.14. The molecule has 0 spiro atoms. The first-order valence-corrected chi connectivity index (χ1v) is 7.64. The highest BCUT2D eigenvalue weighted by atomic mass is 32.1. The van der Waals surface area contributed by atoms with Gasteiger partial charge in [-0.3, -0.25) is 9.25 Å². The lowest BCUT2D eigenvalue weighted by Gasteiger charge is -2.36. The Labute approximate surface area is 123 Å². The molecule has 0 radical (unpaired) electrons. The largest absolute Gasteiger partial charge is 0.375 e. The highest BCUT2D eigenvalue weighted by Gasteiger charge is 2.31. The molecular formula is C14H22N4OS. The zero-order valence-corrected chi connectivity index (χ0v) is 13.4. The molecule has 1 saturated heterocycles. The minimum absolute atomic E-state index is 0.0898. The van der Waals surface area contributed by atoms with E-state index >= 15 is 0 Å². The van der Waals surface area contributed by atoms with E-state index < -0.39 is 0 Å². The number of H-pyrrole nitrogens is 1. The van der Waals surface area contributed by atoms with Crippen molar-refractivity contribution in [2.75, 3.05) is 6.61 Å². The minimum atomic E-state index is -0.0898. The summed E-state index contributed by atoms with van der Waals surface area (Å²) in [7, 11) is 1.99. The lowest BCUT2D eigenvalue weighted by Crippen LogP contribution is -2.35. The van der Waals surface area contributed by atoms with Crippen molar-refractivity contribution >= 4 is 23.4 Å². The van der Waals surface area contributed by atoms with Crippen molar-refractivity contribution in [1.29, 1.82) is 0 Å². The molecule has 1 unspecified atom stereocenters. The number of rotatable bonds is 2. The number of nitrogens with one attached hydrogen (secondary N) is 1. The maximum Gasteiger partial charge on any atom is 0.179 e. The van der Waals surface area contributed by atoms with Gasteiger partial charge in [0.1, 0.15) is 5.52 Å². The number of aromatic amines is 1. The van der Waals surface area contributed by atoms with E-state index in [-0.39, 0.29) is 5.60 Å².